The number of rotatable bonds is 7. The van der Waals surface area contributed by atoms with Crippen molar-refractivity contribution >= 4 is 10.1 Å². The molecule has 2 aromatic rings. The van der Waals surface area contributed by atoms with Crippen LogP contribution < -0.4 is 20.2 Å². The molecule has 0 N–H and O–H groups in total. The van der Waals surface area contributed by atoms with Crippen LogP contribution in [-0.4, -0.2) is 19.8 Å². The molecule has 0 fully saturated rings. The average molecular weight is 550 g/mol. The Kier molecular flexibility index (Phi) is 7.32. The van der Waals surface area contributed by atoms with Gasteiger partial charge in [0.2, 0.25) is 0 Å². The van der Waals surface area contributed by atoms with Gasteiger partial charge in [-0.05, 0) is 51.6 Å². The van der Waals surface area contributed by atoms with Crippen molar-refractivity contribution in [2.75, 3.05) is 0 Å². The Morgan fingerprint density at radius 3 is 1.76 bits per heavy atom. The van der Waals surface area contributed by atoms with Crippen LogP contribution in [0.3, 0.4) is 0 Å². The second-order valence-electron chi connectivity index (χ2n) is 6.80. The minimum absolute atomic E-state index is 0.290. The van der Waals surface area contributed by atoms with Crippen molar-refractivity contribution in [3.8, 4) is 0 Å². The highest BCUT2D eigenvalue weighted by Gasteiger charge is 2.70. The number of benzene rings is 2. The maximum Gasteiger partial charge on any atom is 0.472 e. The molecule has 1 radical (unpaired) electrons. The highest BCUT2D eigenvalue weighted by Crippen LogP contribution is 2.39. The number of halogens is 6. The summed E-state index contributed by atoms with van der Waals surface area (Å²) in [4.78, 5) is 0. The third-order valence-corrected chi connectivity index (χ3v) is 11.1. The lowest BCUT2D eigenvalue weighted by Gasteiger charge is -2.17. The molecule has 29 heavy (non-hydrogen) atoms. The van der Waals surface area contributed by atoms with Gasteiger partial charge in [-0.2, -0.15) is 30.4 Å². The Bertz CT molecular complexity index is 924. The molecular weight excluding hydrogens is 530 g/mol. The summed E-state index contributed by atoms with van der Waals surface area (Å²) in [5.41, 5.74) is 1.76. The third kappa shape index (κ3) is 5.66. The second kappa shape index (κ2) is 8.84. The number of hydrogen-bond acceptors (Lipinski definition) is 3. The standard InChI is InChI=1S/C19H20F5IO3S/c1-13(2)12-15-6-10-17(11-7-15)25(16-8-4-14(3)5-9-16)28-29(26,27)19(23,24)18(20,21)22/h4-11,13H,12H2,1-3H3/q+1. The number of alkyl halides is 5. The Balaban J connectivity index is 2.48. The molecule has 0 saturated heterocycles. The molecule has 2 rings (SSSR count). The van der Waals surface area contributed by atoms with Gasteiger partial charge in [0.25, 0.3) is 0 Å². The maximum absolute atomic E-state index is 13.6. The van der Waals surface area contributed by atoms with Gasteiger partial charge >= 0.3 is 41.8 Å². The molecule has 0 aliphatic carbocycles. The van der Waals surface area contributed by atoms with Gasteiger partial charge in [-0.3, -0.25) is 0 Å². The molecular formula is C19H20F5IO3S+. The van der Waals surface area contributed by atoms with E-state index in [9.17, 15) is 30.4 Å². The van der Waals surface area contributed by atoms with Crippen molar-refractivity contribution in [1.29, 1.82) is 0 Å². The van der Waals surface area contributed by atoms with Crippen molar-refractivity contribution in [2.45, 2.75) is 38.6 Å². The Hall–Kier alpha value is -1.27. The van der Waals surface area contributed by atoms with Crippen molar-refractivity contribution in [2.24, 2.45) is 5.92 Å². The maximum atomic E-state index is 13.6. The van der Waals surface area contributed by atoms with Gasteiger partial charge < -0.3 is 0 Å². The number of aryl methyl sites for hydroxylation is 1. The minimum Gasteiger partial charge on any atom is -0.189 e. The molecule has 0 atom stereocenters. The first-order valence-corrected chi connectivity index (χ1v) is 12.9. The first kappa shape index (κ1) is 24.0. The zero-order valence-electron chi connectivity index (χ0n) is 15.8. The molecule has 0 aliphatic heterocycles. The highest BCUT2D eigenvalue weighted by atomic mass is 127. The van der Waals surface area contributed by atoms with Crippen LogP contribution in [0, 0.1) is 20.0 Å². The van der Waals surface area contributed by atoms with E-state index in [1.807, 2.05) is 13.8 Å². The summed E-state index contributed by atoms with van der Waals surface area (Å²) in [5, 5.41) is -6.00. The van der Waals surface area contributed by atoms with Gasteiger partial charge in [0, 0.05) is 0 Å². The predicted molar refractivity (Wildman–Crippen MR) is 94.6 cm³/mol. The van der Waals surface area contributed by atoms with Gasteiger partial charge in [-0.25, -0.2) is 0 Å². The first-order valence-electron chi connectivity index (χ1n) is 8.49. The molecule has 0 aromatic heterocycles. The fraction of sp³-hybridized carbons (Fsp3) is 0.368. The zero-order chi connectivity index (χ0) is 22.0. The smallest absolute Gasteiger partial charge is 0.189 e. The molecule has 0 amide bonds. The van der Waals surface area contributed by atoms with Gasteiger partial charge in [-0.1, -0.05) is 43.7 Å². The summed E-state index contributed by atoms with van der Waals surface area (Å²) >= 11 is -3.61. The van der Waals surface area contributed by atoms with E-state index in [1.54, 1.807) is 31.2 Å². The van der Waals surface area contributed by atoms with Crippen LogP contribution >= 0.6 is 0 Å². The Labute approximate surface area is 174 Å². The lowest BCUT2D eigenvalue weighted by molar-refractivity contribution is -1.03. The first-order chi connectivity index (χ1) is 13.2. The molecule has 0 unspecified atom stereocenters. The molecule has 10 heteroatoms. The molecule has 0 spiro atoms. The topological polar surface area (TPSA) is 43.4 Å². The summed E-state index contributed by atoms with van der Waals surface area (Å²) in [6.45, 7) is 5.78. The molecule has 161 valence electrons. The lowest BCUT2D eigenvalue weighted by Crippen LogP contribution is -3.85. The lowest BCUT2D eigenvalue weighted by atomic mass is 10.0. The molecule has 3 nitrogen and oxygen atoms in total. The van der Waals surface area contributed by atoms with Gasteiger partial charge in [-0.15, -0.1) is 0 Å². The van der Waals surface area contributed by atoms with Crippen LogP contribution in [0.25, 0.3) is 0 Å². The van der Waals surface area contributed by atoms with E-state index in [0.717, 1.165) is 17.5 Å². The van der Waals surface area contributed by atoms with E-state index in [4.69, 9.17) is 0 Å². The average Bonchev–Trinajstić information content (AvgIpc) is 2.60. The van der Waals surface area contributed by atoms with Crippen LogP contribution in [-0.2, 0) is 19.1 Å². The van der Waals surface area contributed by atoms with Crippen LogP contribution in [0.15, 0.2) is 48.5 Å². The quantitative estimate of drug-likeness (QED) is 0.393. The molecule has 2 aromatic carbocycles. The number of hydrogen-bond donors (Lipinski definition) is 0. The van der Waals surface area contributed by atoms with Crippen LogP contribution in [0.1, 0.15) is 25.0 Å². The monoisotopic (exact) mass is 550 g/mol. The summed E-state index contributed by atoms with van der Waals surface area (Å²) in [6.07, 6.45) is -5.54. The second-order valence-corrected chi connectivity index (χ2v) is 13.3. The van der Waals surface area contributed by atoms with Crippen LogP contribution in [0.2, 0.25) is 0 Å². The van der Waals surface area contributed by atoms with E-state index in [0.29, 0.717) is 9.49 Å². The fourth-order valence-corrected chi connectivity index (χ4v) is 9.08. The van der Waals surface area contributed by atoms with Crippen LogP contribution in [0.4, 0.5) is 22.0 Å². The predicted octanol–water partition coefficient (Wildman–Crippen LogP) is 2.27. The minimum atomic E-state index is -6.28. The van der Waals surface area contributed by atoms with E-state index >= 15 is 0 Å². The van der Waals surface area contributed by atoms with Crippen molar-refractivity contribution in [3.05, 3.63) is 66.8 Å². The Morgan fingerprint density at radius 1 is 0.897 bits per heavy atom. The van der Waals surface area contributed by atoms with Gasteiger partial charge in [0.1, 0.15) is 0 Å². The molecule has 0 bridgehead atoms. The molecule has 0 heterocycles. The van der Waals surface area contributed by atoms with E-state index in [2.05, 4.69) is 2.51 Å². The van der Waals surface area contributed by atoms with E-state index in [1.165, 1.54) is 24.3 Å². The van der Waals surface area contributed by atoms with Crippen LogP contribution in [0.5, 0.6) is 0 Å². The summed E-state index contributed by atoms with van der Waals surface area (Å²) in [6, 6.07) is 12.7. The summed E-state index contributed by atoms with van der Waals surface area (Å²) in [7, 11) is -6.24. The molecule has 0 aliphatic rings. The zero-order valence-corrected chi connectivity index (χ0v) is 18.8. The Morgan fingerprint density at radius 2 is 1.34 bits per heavy atom. The normalized spacial score (nSPS) is 13.3. The fourth-order valence-electron chi connectivity index (χ4n) is 2.32. The van der Waals surface area contributed by atoms with E-state index in [-0.39, 0.29) is 3.57 Å². The van der Waals surface area contributed by atoms with Crippen molar-refractivity contribution in [1.82, 2.24) is 0 Å². The largest absolute Gasteiger partial charge is 0.472 e. The third-order valence-electron chi connectivity index (χ3n) is 3.75. The molecule has 0 saturated carbocycles. The van der Waals surface area contributed by atoms with Crippen molar-refractivity contribution < 1.29 is 53.1 Å². The highest BCUT2D eigenvalue weighted by molar-refractivity contribution is 7.87. The van der Waals surface area contributed by atoms with Gasteiger partial charge in [0.15, 0.2) is 7.14 Å². The van der Waals surface area contributed by atoms with Crippen molar-refractivity contribution in [3.63, 3.8) is 0 Å². The summed E-state index contributed by atoms with van der Waals surface area (Å²) < 4.78 is 94.0. The van der Waals surface area contributed by atoms with E-state index < -0.39 is 41.8 Å². The van der Waals surface area contributed by atoms with Gasteiger partial charge in [0.05, 0.1) is 0 Å². The SMILES string of the molecule is Cc1ccc([I+](OS(=O)(=O)C(F)(F)C(F)(F)F)c2ccc(CC(C)C)cc2)cc1. The summed E-state index contributed by atoms with van der Waals surface area (Å²) in [5.74, 6) is 0.356.